The van der Waals surface area contributed by atoms with Gasteiger partial charge in [-0.25, -0.2) is 0 Å². The van der Waals surface area contributed by atoms with Crippen LogP contribution in [-0.2, 0) is 4.79 Å². The molecule has 4 nitrogen and oxygen atoms in total. The first kappa shape index (κ1) is 19.0. The molecule has 0 radical (unpaired) electrons. The Labute approximate surface area is 149 Å². The summed E-state index contributed by atoms with van der Waals surface area (Å²) < 4.78 is 11.0. The fourth-order valence-electron chi connectivity index (χ4n) is 3.25. The first-order chi connectivity index (χ1) is 11.7. The SMILES string of the molecule is CCCCC(CC)C(=O)N1CCSC1c1cccc(OC)c1OC. The lowest BCUT2D eigenvalue weighted by atomic mass is 9.97. The summed E-state index contributed by atoms with van der Waals surface area (Å²) in [6.07, 6.45) is 4.13. The lowest BCUT2D eigenvalue weighted by molar-refractivity contribution is -0.136. The maximum atomic E-state index is 13.1. The highest BCUT2D eigenvalue weighted by Gasteiger charge is 2.35. The van der Waals surface area contributed by atoms with Crippen LogP contribution in [0.4, 0.5) is 0 Å². The van der Waals surface area contributed by atoms with Crippen LogP contribution >= 0.6 is 11.8 Å². The average molecular weight is 352 g/mol. The third-order valence-corrected chi connectivity index (χ3v) is 5.86. The molecule has 0 spiro atoms. The molecule has 1 saturated heterocycles. The number of carbonyl (C=O) groups excluding carboxylic acids is 1. The van der Waals surface area contributed by atoms with Gasteiger partial charge in [0.15, 0.2) is 11.5 Å². The van der Waals surface area contributed by atoms with Crippen molar-refractivity contribution in [3.8, 4) is 11.5 Å². The van der Waals surface area contributed by atoms with Crippen molar-refractivity contribution in [2.45, 2.75) is 44.9 Å². The van der Waals surface area contributed by atoms with E-state index in [0.29, 0.717) is 5.75 Å². The number of thioether (sulfide) groups is 1. The number of hydrogen-bond donors (Lipinski definition) is 0. The van der Waals surface area contributed by atoms with Gasteiger partial charge in [-0.1, -0.05) is 38.8 Å². The summed E-state index contributed by atoms with van der Waals surface area (Å²) in [6, 6.07) is 5.90. The van der Waals surface area contributed by atoms with Crippen LogP contribution in [0, 0.1) is 5.92 Å². The van der Waals surface area contributed by atoms with E-state index in [1.165, 1.54) is 0 Å². The molecule has 1 aliphatic rings. The normalized spacial score (nSPS) is 18.5. The molecule has 0 aliphatic carbocycles. The van der Waals surface area contributed by atoms with E-state index in [9.17, 15) is 4.79 Å². The number of carbonyl (C=O) groups is 1. The second kappa shape index (κ2) is 9.21. The van der Waals surface area contributed by atoms with Gasteiger partial charge in [0.25, 0.3) is 0 Å². The molecule has 0 saturated carbocycles. The zero-order valence-corrected chi connectivity index (χ0v) is 16.0. The van der Waals surface area contributed by atoms with Crippen LogP contribution in [0.5, 0.6) is 11.5 Å². The molecule has 1 fully saturated rings. The van der Waals surface area contributed by atoms with Gasteiger partial charge in [0.2, 0.25) is 5.91 Å². The average Bonchev–Trinajstić information content (AvgIpc) is 3.10. The number of hydrogen-bond acceptors (Lipinski definition) is 4. The van der Waals surface area contributed by atoms with E-state index in [1.54, 1.807) is 26.0 Å². The van der Waals surface area contributed by atoms with Crippen molar-refractivity contribution in [1.29, 1.82) is 0 Å². The number of rotatable bonds is 8. The lowest BCUT2D eigenvalue weighted by Crippen LogP contribution is -2.35. The first-order valence-electron chi connectivity index (χ1n) is 8.80. The van der Waals surface area contributed by atoms with Crippen molar-refractivity contribution in [3.05, 3.63) is 23.8 Å². The van der Waals surface area contributed by atoms with E-state index in [4.69, 9.17) is 9.47 Å². The van der Waals surface area contributed by atoms with Gasteiger partial charge < -0.3 is 14.4 Å². The summed E-state index contributed by atoms with van der Waals surface area (Å²) in [5.41, 5.74) is 1.03. The third kappa shape index (κ3) is 4.00. The van der Waals surface area contributed by atoms with Gasteiger partial charge >= 0.3 is 0 Å². The summed E-state index contributed by atoms with van der Waals surface area (Å²) in [6.45, 7) is 5.09. The van der Waals surface area contributed by atoms with Crippen LogP contribution in [0.2, 0.25) is 0 Å². The molecule has 1 amide bonds. The van der Waals surface area contributed by atoms with Crippen molar-refractivity contribution in [1.82, 2.24) is 4.90 Å². The number of nitrogens with zero attached hydrogens (tertiary/aromatic N) is 1. The smallest absolute Gasteiger partial charge is 0.226 e. The Bertz CT molecular complexity index is 549. The Balaban J connectivity index is 2.26. The zero-order chi connectivity index (χ0) is 17.5. The van der Waals surface area contributed by atoms with Crippen LogP contribution in [-0.4, -0.2) is 37.3 Å². The molecule has 1 aromatic rings. The van der Waals surface area contributed by atoms with E-state index in [0.717, 1.165) is 49.3 Å². The van der Waals surface area contributed by atoms with E-state index in [-0.39, 0.29) is 17.2 Å². The standard InChI is InChI=1S/C19H29NO3S/c1-5-7-9-14(6-2)18(21)20-12-13-24-19(20)15-10-8-11-16(22-3)17(15)23-4/h8,10-11,14,19H,5-7,9,12-13H2,1-4H3. The molecule has 0 bridgehead atoms. The number of para-hydroxylation sites is 1. The Morgan fingerprint density at radius 1 is 1.33 bits per heavy atom. The number of amides is 1. The molecule has 1 aromatic carbocycles. The summed E-state index contributed by atoms with van der Waals surface area (Å²) in [5.74, 6) is 2.82. The molecular formula is C19H29NO3S. The molecule has 1 heterocycles. The largest absolute Gasteiger partial charge is 0.493 e. The quantitative estimate of drug-likeness (QED) is 0.691. The minimum Gasteiger partial charge on any atom is -0.493 e. The van der Waals surface area contributed by atoms with Gasteiger partial charge in [0.05, 0.1) is 14.2 Å². The Hall–Kier alpha value is -1.36. The minimum absolute atomic E-state index is 0.0122. The monoisotopic (exact) mass is 351 g/mol. The van der Waals surface area contributed by atoms with E-state index < -0.39 is 0 Å². The highest BCUT2D eigenvalue weighted by Crippen LogP contribution is 2.45. The van der Waals surface area contributed by atoms with Gasteiger partial charge in [0, 0.05) is 23.8 Å². The van der Waals surface area contributed by atoms with Crippen LogP contribution in [0.25, 0.3) is 0 Å². The number of methoxy groups -OCH3 is 2. The first-order valence-corrected chi connectivity index (χ1v) is 9.85. The van der Waals surface area contributed by atoms with Crippen LogP contribution in [0.1, 0.15) is 50.5 Å². The lowest BCUT2D eigenvalue weighted by Gasteiger charge is -2.29. The predicted molar refractivity (Wildman–Crippen MR) is 99.8 cm³/mol. The summed E-state index contributed by atoms with van der Waals surface area (Å²) in [4.78, 5) is 15.1. The van der Waals surface area contributed by atoms with E-state index in [2.05, 4.69) is 13.8 Å². The van der Waals surface area contributed by atoms with Crippen molar-refractivity contribution >= 4 is 17.7 Å². The minimum atomic E-state index is 0.0122. The van der Waals surface area contributed by atoms with Crippen molar-refractivity contribution < 1.29 is 14.3 Å². The fourth-order valence-corrected chi connectivity index (χ4v) is 4.53. The van der Waals surface area contributed by atoms with Crippen LogP contribution in [0.3, 0.4) is 0 Å². The Morgan fingerprint density at radius 2 is 2.12 bits per heavy atom. The van der Waals surface area contributed by atoms with Crippen LogP contribution in [0.15, 0.2) is 18.2 Å². The second-order valence-electron chi connectivity index (χ2n) is 6.08. The van der Waals surface area contributed by atoms with Crippen LogP contribution < -0.4 is 9.47 Å². The summed E-state index contributed by atoms with van der Waals surface area (Å²) >= 11 is 1.80. The maximum absolute atomic E-state index is 13.1. The molecule has 24 heavy (non-hydrogen) atoms. The molecule has 134 valence electrons. The Morgan fingerprint density at radius 3 is 2.75 bits per heavy atom. The van der Waals surface area contributed by atoms with Gasteiger partial charge in [-0.2, -0.15) is 0 Å². The molecule has 0 N–H and O–H groups in total. The van der Waals surface area contributed by atoms with Crippen molar-refractivity contribution in [3.63, 3.8) is 0 Å². The summed E-state index contributed by atoms with van der Waals surface area (Å²) in [5, 5.41) is 0.0122. The molecular weight excluding hydrogens is 322 g/mol. The zero-order valence-electron chi connectivity index (χ0n) is 15.2. The molecule has 1 aliphatic heterocycles. The number of ether oxygens (including phenoxy) is 2. The molecule has 0 aromatic heterocycles. The number of benzene rings is 1. The molecule has 2 rings (SSSR count). The van der Waals surface area contributed by atoms with Gasteiger partial charge in [-0.3, -0.25) is 4.79 Å². The molecule has 2 unspecified atom stereocenters. The maximum Gasteiger partial charge on any atom is 0.226 e. The Kier molecular flexibility index (Phi) is 7.28. The van der Waals surface area contributed by atoms with Gasteiger partial charge in [-0.15, -0.1) is 11.8 Å². The van der Waals surface area contributed by atoms with Gasteiger partial charge in [-0.05, 0) is 18.9 Å². The van der Waals surface area contributed by atoms with E-state index in [1.807, 2.05) is 23.1 Å². The van der Waals surface area contributed by atoms with E-state index >= 15 is 0 Å². The summed E-state index contributed by atoms with van der Waals surface area (Å²) in [7, 11) is 3.30. The molecule has 2 atom stereocenters. The highest BCUT2D eigenvalue weighted by molar-refractivity contribution is 7.99. The topological polar surface area (TPSA) is 38.8 Å². The second-order valence-corrected chi connectivity index (χ2v) is 7.27. The fraction of sp³-hybridized carbons (Fsp3) is 0.632. The highest BCUT2D eigenvalue weighted by atomic mass is 32.2. The number of unbranched alkanes of at least 4 members (excludes halogenated alkanes) is 1. The van der Waals surface area contributed by atoms with Crippen molar-refractivity contribution in [2.75, 3.05) is 26.5 Å². The van der Waals surface area contributed by atoms with Gasteiger partial charge in [0.1, 0.15) is 5.37 Å². The predicted octanol–water partition coefficient (Wildman–Crippen LogP) is 4.49. The molecule has 5 heteroatoms. The van der Waals surface area contributed by atoms with Crippen molar-refractivity contribution in [2.24, 2.45) is 5.92 Å². The third-order valence-electron chi connectivity index (χ3n) is 4.62.